The lowest BCUT2D eigenvalue weighted by Gasteiger charge is -2.20. The molecule has 0 atom stereocenters. The van der Waals surface area contributed by atoms with Crippen LogP contribution >= 0.6 is 0 Å². The first kappa shape index (κ1) is 17.7. The van der Waals surface area contributed by atoms with Crippen LogP contribution in [0.5, 0.6) is 5.88 Å². The van der Waals surface area contributed by atoms with Crippen molar-refractivity contribution in [2.75, 3.05) is 17.9 Å². The number of hydrogen-bond acceptors (Lipinski definition) is 7. The Morgan fingerprint density at radius 3 is 2.71 bits per heavy atom. The van der Waals surface area contributed by atoms with Crippen molar-refractivity contribution in [1.82, 2.24) is 15.0 Å². The van der Waals surface area contributed by atoms with E-state index < -0.39 is 0 Å². The molecule has 3 aromatic heterocycles. The summed E-state index contributed by atoms with van der Waals surface area (Å²) in [6.07, 6.45) is 3.49. The van der Waals surface area contributed by atoms with Gasteiger partial charge in [0.2, 0.25) is 5.88 Å². The second kappa shape index (κ2) is 7.50. The highest BCUT2D eigenvalue weighted by Gasteiger charge is 2.12. The van der Waals surface area contributed by atoms with E-state index in [2.05, 4.69) is 21.0 Å². The van der Waals surface area contributed by atoms with Crippen LogP contribution in [0.4, 0.5) is 11.5 Å². The molecule has 0 aliphatic carbocycles. The lowest BCUT2D eigenvalue weighted by Crippen LogP contribution is -2.31. The molecular formula is C21H20N6O. The average Bonchev–Trinajstić information content (AvgIpc) is 2.74. The van der Waals surface area contributed by atoms with E-state index in [0.29, 0.717) is 23.9 Å². The van der Waals surface area contributed by atoms with Crippen LogP contribution in [-0.4, -0.2) is 22.1 Å². The largest absolute Gasteiger partial charge is 0.481 e. The van der Waals surface area contributed by atoms with Crippen LogP contribution in [-0.2, 0) is 6.54 Å². The molecule has 3 heterocycles. The number of rotatable bonds is 5. The minimum Gasteiger partial charge on any atom is -0.481 e. The van der Waals surface area contributed by atoms with Crippen molar-refractivity contribution in [3.05, 3.63) is 72.6 Å². The maximum absolute atomic E-state index is 6.30. The van der Waals surface area contributed by atoms with Crippen molar-refractivity contribution in [3.8, 4) is 17.1 Å². The van der Waals surface area contributed by atoms with Gasteiger partial charge in [0.1, 0.15) is 0 Å². The van der Waals surface area contributed by atoms with Gasteiger partial charge in [-0.3, -0.25) is 9.99 Å². The molecule has 4 rings (SSSR count). The Morgan fingerprint density at radius 2 is 1.93 bits per heavy atom. The first-order valence-electron chi connectivity index (χ1n) is 8.77. The molecule has 0 spiro atoms. The lowest BCUT2D eigenvalue weighted by molar-refractivity contribution is 0.398. The van der Waals surface area contributed by atoms with Gasteiger partial charge in [-0.15, -0.1) is 0 Å². The molecule has 0 fully saturated rings. The van der Waals surface area contributed by atoms with Crippen LogP contribution in [0.15, 0.2) is 67.0 Å². The summed E-state index contributed by atoms with van der Waals surface area (Å²) in [6.45, 7) is 0.465. The highest BCUT2D eigenvalue weighted by molar-refractivity contribution is 5.79. The highest BCUT2D eigenvalue weighted by atomic mass is 16.5. The summed E-state index contributed by atoms with van der Waals surface area (Å²) in [7, 11) is 1.58. The van der Waals surface area contributed by atoms with E-state index in [-0.39, 0.29) is 0 Å². The standard InChI is InChI=1S/C21H20N6O/c1-28-20-9-5-16(12-25-20)19-8-6-17(22)21(26-19)27(23)13-14-4-7-18-15(11-14)3-2-10-24-18/h2-12H,13,22-23H2,1H3. The van der Waals surface area contributed by atoms with Crippen molar-refractivity contribution in [2.24, 2.45) is 5.84 Å². The van der Waals surface area contributed by atoms with E-state index in [1.165, 1.54) is 0 Å². The van der Waals surface area contributed by atoms with Gasteiger partial charge in [-0.05, 0) is 42.0 Å². The molecule has 0 saturated heterocycles. The van der Waals surface area contributed by atoms with Crippen LogP contribution in [0.1, 0.15) is 5.56 Å². The third-order valence-electron chi connectivity index (χ3n) is 4.44. The quantitative estimate of drug-likeness (QED) is 0.410. The van der Waals surface area contributed by atoms with E-state index in [0.717, 1.165) is 27.7 Å². The van der Waals surface area contributed by atoms with Gasteiger partial charge in [0.05, 0.1) is 30.6 Å². The number of hydrogen-bond donors (Lipinski definition) is 2. The summed E-state index contributed by atoms with van der Waals surface area (Å²) in [4.78, 5) is 13.2. The fraction of sp³-hybridized carbons (Fsp3) is 0.0952. The van der Waals surface area contributed by atoms with Crippen molar-refractivity contribution < 1.29 is 4.74 Å². The van der Waals surface area contributed by atoms with Crippen LogP contribution < -0.4 is 21.3 Å². The zero-order valence-electron chi connectivity index (χ0n) is 15.4. The number of ether oxygens (including phenoxy) is 1. The maximum Gasteiger partial charge on any atom is 0.212 e. The molecule has 4 N–H and O–H groups in total. The predicted octanol–water partition coefficient (Wildman–Crippen LogP) is 3.16. The molecule has 7 nitrogen and oxygen atoms in total. The number of hydrazine groups is 1. The third kappa shape index (κ3) is 3.56. The number of benzene rings is 1. The molecule has 0 aliphatic rings. The Labute approximate surface area is 162 Å². The van der Waals surface area contributed by atoms with Gasteiger partial charge >= 0.3 is 0 Å². The molecular weight excluding hydrogens is 352 g/mol. The fourth-order valence-corrected chi connectivity index (χ4v) is 3.00. The Hall–Kier alpha value is -3.71. The van der Waals surface area contributed by atoms with E-state index in [1.807, 2.05) is 36.4 Å². The third-order valence-corrected chi connectivity index (χ3v) is 4.44. The number of nitrogens with two attached hydrogens (primary N) is 2. The molecule has 0 bridgehead atoms. The first-order chi connectivity index (χ1) is 13.6. The number of anilines is 2. The maximum atomic E-state index is 6.30. The second-order valence-electron chi connectivity index (χ2n) is 6.36. The molecule has 0 saturated carbocycles. The van der Waals surface area contributed by atoms with E-state index in [4.69, 9.17) is 16.3 Å². The van der Waals surface area contributed by atoms with Crippen LogP contribution in [0.2, 0.25) is 0 Å². The Kier molecular flexibility index (Phi) is 4.74. The van der Waals surface area contributed by atoms with Crippen LogP contribution in [0, 0.1) is 0 Å². The topological polar surface area (TPSA) is 103 Å². The van der Waals surface area contributed by atoms with Gasteiger partial charge in [-0.2, -0.15) is 0 Å². The molecule has 28 heavy (non-hydrogen) atoms. The first-order valence-corrected chi connectivity index (χ1v) is 8.77. The summed E-state index contributed by atoms with van der Waals surface area (Å²) in [5.41, 5.74) is 10.2. The van der Waals surface area contributed by atoms with E-state index in [9.17, 15) is 0 Å². The van der Waals surface area contributed by atoms with E-state index in [1.54, 1.807) is 36.6 Å². The zero-order valence-corrected chi connectivity index (χ0v) is 15.4. The molecule has 0 amide bonds. The molecule has 0 radical (unpaired) electrons. The number of aromatic nitrogens is 3. The minimum absolute atomic E-state index is 0.465. The van der Waals surface area contributed by atoms with Crippen LogP contribution in [0.3, 0.4) is 0 Å². The number of methoxy groups -OCH3 is 1. The minimum atomic E-state index is 0.465. The monoisotopic (exact) mass is 372 g/mol. The molecule has 0 aliphatic heterocycles. The van der Waals surface area contributed by atoms with Gasteiger partial charge in [-0.25, -0.2) is 15.8 Å². The summed E-state index contributed by atoms with van der Waals surface area (Å²) >= 11 is 0. The summed E-state index contributed by atoms with van der Waals surface area (Å²) in [5, 5.41) is 2.61. The predicted molar refractivity (Wildman–Crippen MR) is 111 cm³/mol. The van der Waals surface area contributed by atoms with Crippen molar-refractivity contribution in [1.29, 1.82) is 0 Å². The summed E-state index contributed by atoms with van der Waals surface area (Å²) in [6, 6.07) is 17.3. The van der Waals surface area contributed by atoms with Crippen LogP contribution in [0.25, 0.3) is 22.2 Å². The van der Waals surface area contributed by atoms with E-state index >= 15 is 0 Å². The zero-order chi connectivity index (χ0) is 19.5. The molecule has 7 heteroatoms. The average molecular weight is 372 g/mol. The normalized spacial score (nSPS) is 10.8. The van der Waals surface area contributed by atoms with Crippen molar-refractivity contribution >= 4 is 22.4 Å². The number of pyridine rings is 3. The smallest absolute Gasteiger partial charge is 0.212 e. The second-order valence-corrected chi connectivity index (χ2v) is 6.36. The SMILES string of the molecule is COc1ccc(-c2ccc(N)c(N(N)Cc3ccc4ncccc4c3)n2)cn1. The number of nitrogens with zero attached hydrogens (tertiary/aromatic N) is 4. The van der Waals surface area contributed by atoms with Gasteiger partial charge in [0.25, 0.3) is 0 Å². The number of nitrogen functional groups attached to an aromatic ring is 1. The lowest BCUT2D eigenvalue weighted by atomic mass is 10.1. The summed E-state index contributed by atoms with van der Waals surface area (Å²) < 4.78 is 5.10. The highest BCUT2D eigenvalue weighted by Crippen LogP contribution is 2.26. The molecule has 4 aromatic rings. The summed E-state index contributed by atoms with van der Waals surface area (Å²) in [5.74, 6) is 7.36. The van der Waals surface area contributed by atoms with Crippen molar-refractivity contribution in [2.45, 2.75) is 6.54 Å². The fourth-order valence-electron chi connectivity index (χ4n) is 3.00. The Balaban J connectivity index is 1.61. The van der Waals surface area contributed by atoms with Crippen molar-refractivity contribution in [3.63, 3.8) is 0 Å². The molecule has 1 aromatic carbocycles. The van der Waals surface area contributed by atoms with Gasteiger partial charge in [0, 0.05) is 29.4 Å². The molecule has 0 unspecified atom stereocenters. The Bertz CT molecular complexity index is 1110. The van der Waals surface area contributed by atoms with Gasteiger partial charge in [-0.1, -0.05) is 12.1 Å². The van der Waals surface area contributed by atoms with Gasteiger partial charge < -0.3 is 10.5 Å². The van der Waals surface area contributed by atoms with Gasteiger partial charge in [0.15, 0.2) is 5.82 Å². The Morgan fingerprint density at radius 1 is 1.04 bits per heavy atom. The molecule has 140 valence electrons. The number of fused-ring (bicyclic) bond motifs is 1.